The van der Waals surface area contributed by atoms with E-state index in [-0.39, 0.29) is 6.03 Å². The fourth-order valence-corrected chi connectivity index (χ4v) is 4.11. The van der Waals surface area contributed by atoms with Gasteiger partial charge in [0.1, 0.15) is 0 Å². The number of carbonyl (C=O) groups is 1. The highest BCUT2D eigenvalue weighted by Crippen LogP contribution is 2.32. The van der Waals surface area contributed by atoms with Crippen LogP contribution in [0.4, 0.5) is 16.2 Å². The van der Waals surface area contributed by atoms with Crippen LogP contribution in [0.5, 0.6) is 0 Å². The second-order valence-electron chi connectivity index (χ2n) is 7.73. The van der Waals surface area contributed by atoms with Crippen molar-refractivity contribution in [2.45, 2.75) is 40.3 Å². The molecule has 1 aliphatic rings. The molecule has 0 bridgehead atoms. The van der Waals surface area contributed by atoms with E-state index in [9.17, 15) is 4.79 Å². The van der Waals surface area contributed by atoms with Gasteiger partial charge in [0.15, 0.2) is 0 Å². The van der Waals surface area contributed by atoms with Crippen molar-refractivity contribution in [3.05, 3.63) is 82.4 Å². The first-order chi connectivity index (χ1) is 14.0. The minimum atomic E-state index is -0.220. The third-order valence-corrected chi connectivity index (χ3v) is 5.42. The van der Waals surface area contributed by atoms with Crippen LogP contribution in [0, 0.1) is 13.8 Å². The molecule has 3 aromatic rings. The summed E-state index contributed by atoms with van der Waals surface area (Å²) in [5.74, 6) is 0. The van der Waals surface area contributed by atoms with Crippen molar-refractivity contribution in [3.8, 4) is 11.1 Å². The first-order valence-electron chi connectivity index (χ1n) is 10.1. The summed E-state index contributed by atoms with van der Waals surface area (Å²) in [4.78, 5) is 12.6. The standard InChI is InChI=1S/C25H27N3O/c1-4-18-13-19(22-7-5-6-20-14-26-15-23(20)22)8-9-24(18)28-25(29)27-21-11-16(2)10-17(3)12-21/h5-13,26H,4,14-15H2,1-3H3,(H2,27,28,29). The van der Waals surface area contributed by atoms with Gasteiger partial charge in [0.25, 0.3) is 0 Å². The number of rotatable bonds is 4. The number of carbonyl (C=O) groups excluding carboxylic acids is 1. The number of urea groups is 1. The average Bonchev–Trinajstić information content (AvgIpc) is 3.16. The van der Waals surface area contributed by atoms with Crippen LogP contribution in [0.2, 0.25) is 0 Å². The van der Waals surface area contributed by atoms with Crippen LogP contribution in [-0.2, 0) is 19.5 Å². The molecule has 0 radical (unpaired) electrons. The predicted octanol–water partition coefficient (Wildman–Crippen LogP) is 5.78. The maximum atomic E-state index is 12.6. The second kappa shape index (κ2) is 8.10. The first-order valence-corrected chi connectivity index (χ1v) is 10.1. The molecule has 0 atom stereocenters. The van der Waals surface area contributed by atoms with Crippen LogP contribution in [-0.4, -0.2) is 6.03 Å². The van der Waals surface area contributed by atoms with Crippen molar-refractivity contribution in [3.63, 3.8) is 0 Å². The molecule has 2 amide bonds. The number of fused-ring (bicyclic) bond motifs is 1. The quantitative estimate of drug-likeness (QED) is 0.533. The Balaban J connectivity index is 1.56. The molecule has 29 heavy (non-hydrogen) atoms. The molecule has 3 aromatic carbocycles. The monoisotopic (exact) mass is 385 g/mol. The average molecular weight is 386 g/mol. The van der Waals surface area contributed by atoms with Gasteiger partial charge in [0, 0.05) is 24.5 Å². The van der Waals surface area contributed by atoms with Crippen LogP contribution in [0.3, 0.4) is 0 Å². The lowest BCUT2D eigenvalue weighted by Gasteiger charge is -2.15. The molecule has 4 rings (SSSR count). The normalized spacial score (nSPS) is 12.5. The van der Waals surface area contributed by atoms with Gasteiger partial charge in [0.2, 0.25) is 0 Å². The molecule has 0 saturated heterocycles. The van der Waals surface area contributed by atoms with Gasteiger partial charge < -0.3 is 16.0 Å². The Bertz CT molecular complexity index is 1050. The molecule has 0 saturated carbocycles. The minimum absolute atomic E-state index is 0.220. The van der Waals surface area contributed by atoms with Gasteiger partial charge in [-0.25, -0.2) is 4.79 Å². The fourth-order valence-electron chi connectivity index (χ4n) is 4.11. The zero-order chi connectivity index (χ0) is 20.4. The van der Waals surface area contributed by atoms with Crippen LogP contribution < -0.4 is 16.0 Å². The van der Waals surface area contributed by atoms with Crippen LogP contribution >= 0.6 is 0 Å². The molecule has 0 fully saturated rings. The zero-order valence-electron chi connectivity index (χ0n) is 17.2. The molecular weight excluding hydrogens is 358 g/mol. The second-order valence-corrected chi connectivity index (χ2v) is 7.73. The van der Waals surface area contributed by atoms with E-state index in [1.165, 1.54) is 22.3 Å². The number of amides is 2. The van der Waals surface area contributed by atoms with Crippen LogP contribution in [0.1, 0.15) is 34.7 Å². The summed E-state index contributed by atoms with van der Waals surface area (Å²) in [5, 5.41) is 9.39. The highest BCUT2D eigenvalue weighted by molar-refractivity contribution is 6.00. The van der Waals surface area contributed by atoms with Gasteiger partial charge in [-0.2, -0.15) is 0 Å². The Morgan fingerprint density at radius 3 is 2.52 bits per heavy atom. The topological polar surface area (TPSA) is 53.2 Å². The van der Waals surface area contributed by atoms with Gasteiger partial charge in [-0.15, -0.1) is 0 Å². The molecule has 1 heterocycles. The van der Waals surface area contributed by atoms with Gasteiger partial charge in [-0.1, -0.05) is 37.3 Å². The highest BCUT2D eigenvalue weighted by atomic mass is 16.2. The lowest BCUT2D eigenvalue weighted by Crippen LogP contribution is -2.20. The van der Waals surface area contributed by atoms with E-state index in [4.69, 9.17) is 0 Å². The van der Waals surface area contributed by atoms with Crippen molar-refractivity contribution < 1.29 is 4.79 Å². The third kappa shape index (κ3) is 4.17. The third-order valence-electron chi connectivity index (χ3n) is 5.42. The Hall–Kier alpha value is -3.11. The van der Waals surface area contributed by atoms with E-state index in [0.29, 0.717) is 0 Å². The summed E-state index contributed by atoms with van der Waals surface area (Å²) < 4.78 is 0. The molecule has 0 aromatic heterocycles. The maximum Gasteiger partial charge on any atom is 0.323 e. The maximum absolute atomic E-state index is 12.6. The van der Waals surface area contributed by atoms with Gasteiger partial charge >= 0.3 is 6.03 Å². The van der Waals surface area contributed by atoms with E-state index < -0.39 is 0 Å². The predicted molar refractivity (Wildman–Crippen MR) is 120 cm³/mol. The van der Waals surface area contributed by atoms with E-state index in [0.717, 1.165) is 47.6 Å². The molecule has 1 aliphatic heterocycles. The van der Waals surface area contributed by atoms with Gasteiger partial charge in [-0.3, -0.25) is 0 Å². The number of hydrogen-bond donors (Lipinski definition) is 3. The lowest BCUT2D eigenvalue weighted by atomic mass is 9.95. The molecule has 3 N–H and O–H groups in total. The first kappa shape index (κ1) is 19.2. The summed E-state index contributed by atoms with van der Waals surface area (Å²) in [6, 6.07) is 18.6. The van der Waals surface area contributed by atoms with E-state index in [1.807, 2.05) is 32.0 Å². The van der Waals surface area contributed by atoms with E-state index in [1.54, 1.807) is 0 Å². The van der Waals surface area contributed by atoms with E-state index >= 15 is 0 Å². The number of hydrogen-bond acceptors (Lipinski definition) is 2. The highest BCUT2D eigenvalue weighted by Gasteiger charge is 2.16. The van der Waals surface area contributed by atoms with Crippen LogP contribution in [0.15, 0.2) is 54.6 Å². The summed E-state index contributed by atoms with van der Waals surface area (Å²) in [6.45, 7) is 8.01. The molecule has 0 unspecified atom stereocenters. The van der Waals surface area contributed by atoms with Crippen molar-refractivity contribution >= 4 is 17.4 Å². The summed E-state index contributed by atoms with van der Waals surface area (Å²) in [6.07, 6.45) is 0.848. The SMILES string of the molecule is CCc1cc(-c2cccc3c2CNC3)ccc1NC(=O)Nc1cc(C)cc(C)c1. The zero-order valence-corrected chi connectivity index (χ0v) is 17.2. The number of benzene rings is 3. The van der Waals surface area contributed by atoms with Gasteiger partial charge in [0.05, 0.1) is 0 Å². The largest absolute Gasteiger partial charge is 0.323 e. The fraction of sp³-hybridized carbons (Fsp3) is 0.240. The Morgan fingerprint density at radius 1 is 0.966 bits per heavy atom. The molecule has 0 aliphatic carbocycles. The minimum Gasteiger partial charge on any atom is -0.309 e. The number of anilines is 2. The Kier molecular flexibility index (Phi) is 5.36. The number of nitrogens with one attached hydrogen (secondary N) is 3. The number of aryl methyl sites for hydroxylation is 3. The van der Waals surface area contributed by atoms with Crippen molar-refractivity contribution in [1.29, 1.82) is 0 Å². The molecule has 4 nitrogen and oxygen atoms in total. The Morgan fingerprint density at radius 2 is 1.76 bits per heavy atom. The molecule has 4 heteroatoms. The molecule has 148 valence electrons. The Labute approximate surface area is 172 Å². The van der Waals surface area contributed by atoms with Crippen molar-refractivity contribution in [2.75, 3.05) is 10.6 Å². The van der Waals surface area contributed by atoms with Crippen molar-refractivity contribution in [1.82, 2.24) is 5.32 Å². The lowest BCUT2D eigenvalue weighted by molar-refractivity contribution is 0.262. The van der Waals surface area contributed by atoms with Gasteiger partial charge in [-0.05, 0) is 83.5 Å². The molecule has 0 spiro atoms. The van der Waals surface area contributed by atoms with Crippen molar-refractivity contribution in [2.24, 2.45) is 0 Å². The smallest absolute Gasteiger partial charge is 0.309 e. The summed E-state index contributed by atoms with van der Waals surface area (Å²) in [7, 11) is 0. The summed E-state index contributed by atoms with van der Waals surface area (Å²) >= 11 is 0. The van der Waals surface area contributed by atoms with E-state index in [2.05, 4.69) is 59.3 Å². The summed E-state index contributed by atoms with van der Waals surface area (Å²) in [5.41, 5.74) is 10.3. The van der Waals surface area contributed by atoms with Crippen LogP contribution in [0.25, 0.3) is 11.1 Å². The molecular formula is C25H27N3O.